The zero-order valence-electron chi connectivity index (χ0n) is 9.68. The molecule has 0 fully saturated rings. The summed E-state index contributed by atoms with van der Waals surface area (Å²) in [5, 5.41) is 14.0. The standard InChI is InChI=1S/C11H20N2O2/c1-4-13-8-10(7-12-13)11(14)6-5-9(2)15-3/h7-9,11,14H,4-6H2,1-3H3. The third-order valence-electron chi connectivity index (χ3n) is 2.61. The highest BCUT2D eigenvalue weighted by Crippen LogP contribution is 2.18. The van der Waals surface area contributed by atoms with E-state index in [4.69, 9.17) is 4.74 Å². The van der Waals surface area contributed by atoms with Crippen LogP contribution in [0.2, 0.25) is 0 Å². The van der Waals surface area contributed by atoms with Crippen molar-refractivity contribution < 1.29 is 9.84 Å². The number of nitrogens with zero attached hydrogens (tertiary/aromatic N) is 2. The number of hydrogen-bond donors (Lipinski definition) is 1. The fraction of sp³-hybridized carbons (Fsp3) is 0.727. The molecule has 15 heavy (non-hydrogen) atoms. The molecule has 1 aromatic heterocycles. The highest BCUT2D eigenvalue weighted by Gasteiger charge is 2.11. The smallest absolute Gasteiger partial charge is 0.0821 e. The Hall–Kier alpha value is -0.870. The van der Waals surface area contributed by atoms with Crippen LogP contribution in [0.5, 0.6) is 0 Å². The van der Waals surface area contributed by atoms with E-state index in [9.17, 15) is 5.11 Å². The predicted molar refractivity (Wildman–Crippen MR) is 58.6 cm³/mol. The fourth-order valence-corrected chi connectivity index (χ4v) is 1.40. The van der Waals surface area contributed by atoms with Gasteiger partial charge in [0.2, 0.25) is 0 Å². The quantitative estimate of drug-likeness (QED) is 0.781. The molecule has 2 atom stereocenters. The van der Waals surface area contributed by atoms with Gasteiger partial charge < -0.3 is 9.84 Å². The van der Waals surface area contributed by atoms with Gasteiger partial charge in [0.15, 0.2) is 0 Å². The summed E-state index contributed by atoms with van der Waals surface area (Å²) in [6.07, 6.45) is 4.96. The van der Waals surface area contributed by atoms with Crippen molar-refractivity contribution in [2.24, 2.45) is 0 Å². The number of aliphatic hydroxyl groups excluding tert-OH is 1. The topological polar surface area (TPSA) is 47.3 Å². The predicted octanol–water partition coefficient (Wildman–Crippen LogP) is 1.75. The van der Waals surface area contributed by atoms with E-state index in [-0.39, 0.29) is 6.10 Å². The summed E-state index contributed by atoms with van der Waals surface area (Å²) < 4.78 is 6.95. The maximum atomic E-state index is 9.86. The van der Waals surface area contributed by atoms with Crippen LogP contribution in [0.15, 0.2) is 12.4 Å². The zero-order chi connectivity index (χ0) is 11.3. The van der Waals surface area contributed by atoms with Crippen LogP contribution < -0.4 is 0 Å². The van der Waals surface area contributed by atoms with Gasteiger partial charge in [0, 0.05) is 25.4 Å². The molecule has 4 heteroatoms. The molecule has 0 bridgehead atoms. The van der Waals surface area contributed by atoms with Crippen LogP contribution in [0.25, 0.3) is 0 Å². The average Bonchev–Trinajstić information content (AvgIpc) is 2.73. The van der Waals surface area contributed by atoms with Crippen molar-refractivity contribution >= 4 is 0 Å². The van der Waals surface area contributed by atoms with Crippen molar-refractivity contribution in [3.8, 4) is 0 Å². The van der Waals surface area contributed by atoms with Crippen LogP contribution in [0, 0.1) is 0 Å². The molecule has 0 radical (unpaired) electrons. The van der Waals surface area contributed by atoms with Crippen molar-refractivity contribution in [3.05, 3.63) is 18.0 Å². The summed E-state index contributed by atoms with van der Waals surface area (Å²) >= 11 is 0. The van der Waals surface area contributed by atoms with E-state index in [0.29, 0.717) is 6.42 Å². The third kappa shape index (κ3) is 3.64. The molecule has 0 saturated carbocycles. The maximum Gasteiger partial charge on any atom is 0.0821 e. The van der Waals surface area contributed by atoms with Gasteiger partial charge in [-0.2, -0.15) is 5.10 Å². The summed E-state index contributed by atoms with van der Waals surface area (Å²) in [5.41, 5.74) is 0.889. The van der Waals surface area contributed by atoms with E-state index in [1.165, 1.54) is 0 Å². The summed E-state index contributed by atoms with van der Waals surface area (Å²) in [5.74, 6) is 0. The first kappa shape index (κ1) is 12.2. The van der Waals surface area contributed by atoms with Crippen LogP contribution in [0.3, 0.4) is 0 Å². The Labute approximate surface area is 90.9 Å². The molecule has 86 valence electrons. The second kappa shape index (κ2) is 5.88. The molecule has 0 saturated heterocycles. The minimum Gasteiger partial charge on any atom is -0.388 e. The van der Waals surface area contributed by atoms with Gasteiger partial charge in [-0.05, 0) is 26.7 Å². The van der Waals surface area contributed by atoms with Crippen LogP contribution in [-0.2, 0) is 11.3 Å². The van der Waals surface area contributed by atoms with E-state index < -0.39 is 6.10 Å². The van der Waals surface area contributed by atoms with Crippen LogP contribution in [0.1, 0.15) is 38.4 Å². The Morgan fingerprint density at radius 3 is 2.80 bits per heavy atom. The molecule has 0 spiro atoms. The first-order valence-electron chi connectivity index (χ1n) is 5.40. The van der Waals surface area contributed by atoms with Crippen molar-refractivity contribution in [1.82, 2.24) is 9.78 Å². The third-order valence-corrected chi connectivity index (χ3v) is 2.61. The number of aliphatic hydroxyl groups is 1. The van der Waals surface area contributed by atoms with Crippen molar-refractivity contribution in [2.45, 2.75) is 45.4 Å². The van der Waals surface area contributed by atoms with E-state index >= 15 is 0 Å². The molecule has 0 amide bonds. The summed E-state index contributed by atoms with van der Waals surface area (Å²) in [7, 11) is 1.69. The zero-order valence-corrected chi connectivity index (χ0v) is 9.68. The number of ether oxygens (including phenoxy) is 1. The van der Waals surface area contributed by atoms with Crippen molar-refractivity contribution in [1.29, 1.82) is 0 Å². The fourth-order valence-electron chi connectivity index (χ4n) is 1.40. The van der Waals surface area contributed by atoms with Gasteiger partial charge in [-0.25, -0.2) is 0 Å². The molecule has 1 rings (SSSR count). The number of aryl methyl sites for hydroxylation is 1. The first-order valence-corrected chi connectivity index (χ1v) is 5.40. The largest absolute Gasteiger partial charge is 0.388 e. The summed E-state index contributed by atoms with van der Waals surface area (Å²) in [4.78, 5) is 0. The summed E-state index contributed by atoms with van der Waals surface area (Å²) in [6.45, 7) is 4.86. The van der Waals surface area contributed by atoms with Crippen molar-refractivity contribution in [3.63, 3.8) is 0 Å². The van der Waals surface area contributed by atoms with Crippen LogP contribution in [-0.4, -0.2) is 28.1 Å². The normalized spacial score (nSPS) is 15.2. The maximum absolute atomic E-state index is 9.86. The average molecular weight is 212 g/mol. The molecule has 0 aromatic carbocycles. The highest BCUT2D eigenvalue weighted by molar-refractivity contribution is 5.07. The number of aromatic nitrogens is 2. The first-order chi connectivity index (χ1) is 7.17. The molecule has 1 aromatic rings. The Morgan fingerprint density at radius 2 is 2.27 bits per heavy atom. The number of hydrogen-bond acceptors (Lipinski definition) is 3. The lowest BCUT2D eigenvalue weighted by Crippen LogP contribution is -2.07. The Kier molecular flexibility index (Phi) is 4.78. The van der Waals surface area contributed by atoms with E-state index in [1.54, 1.807) is 13.3 Å². The lowest BCUT2D eigenvalue weighted by atomic mass is 10.1. The van der Waals surface area contributed by atoms with Gasteiger partial charge in [-0.15, -0.1) is 0 Å². The molecule has 1 N–H and O–H groups in total. The minimum absolute atomic E-state index is 0.195. The van der Waals surface area contributed by atoms with Gasteiger partial charge >= 0.3 is 0 Å². The number of rotatable bonds is 6. The second-order valence-corrected chi connectivity index (χ2v) is 3.77. The van der Waals surface area contributed by atoms with Gasteiger partial charge in [0.1, 0.15) is 0 Å². The lowest BCUT2D eigenvalue weighted by molar-refractivity contribution is 0.0851. The van der Waals surface area contributed by atoms with E-state index in [0.717, 1.165) is 18.5 Å². The Morgan fingerprint density at radius 1 is 1.53 bits per heavy atom. The lowest BCUT2D eigenvalue weighted by Gasteiger charge is -2.12. The Bertz CT molecular complexity index is 286. The molecule has 0 aliphatic rings. The van der Waals surface area contributed by atoms with Crippen LogP contribution in [0.4, 0.5) is 0 Å². The highest BCUT2D eigenvalue weighted by atomic mass is 16.5. The molecule has 1 heterocycles. The SMILES string of the molecule is CCn1cc(C(O)CCC(C)OC)cn1. The Balaban J connectivity index is 2.42. The molecular weight excluding hydrogens is 192 g/mol. The minimum atomic E-state index is -0.428. The van der Waals surface area contributed by atoms with Crippen molar-refractivity contribution in [2.75, 3.05) is 7.11 Å². The van der Waals surface area contributed by atoms with Gasteiger partial charge in [-0.1, -0.05) is 0 Å². The van der Waals surface area contributed by atoms with E-state index in [1.807, 2.05) is 24.7 Å². The second-order valence-electron chi connectivity index (χ2n) is 3.77. The van der Waals surface area contributed by atoms with Gasteiger partial charge in [-0.3, -0.25) is 4.68 Å². The molecule has 2 unspecified atom stereocenters. The van der Waals surface area contributed by atoms with Gasteiger partial charge in [0.05, 0.1) is 18.4 Å². The molecule has 0 aliphatic heterocycles. The van der Waals surface area contributed by atoms with Crippen LogP contribution >= 0.6 is 0 Å². The molecule has 4 nitrogen and oxygen atoms in total. The monoisotopic (exact) mass is 212 g/mol. The summed E-state index contributed by atoms with van der Waals surface area (Å²) in [6, 6.07) is 0. The number of methoxy groups -OCH3 is 1. The molecule has 0 aliphatic carbocycles. The van der Waals surface area contributed by atoms with Gasteiger partial charge in [0.25, 0.3) is 0 Å². The molecular formula is C11H20N2O2. The van der Waals surface area contributed by atoms with E-state index in [2.05, 4.69) is 5.10 Å².